The Morgan fingerprint density at radius 3 is 1.73 bits per heavy atom. The molecule has 2 N–H and O–H groups in total. The van der Waals surface area contributed by atoms with E-state index in [2.05, 4.69) is 5.32 Å². The van der Waals surface area contributed by atoms with Crippen molar-refractivity contribution in [1.82, 2.24) is 5.32 Å². The standard InChI is InChI=1S/C19H43NO8Si2/c1-8-26-30(27-9-2,28-10-3)16-12-14-20-18(17(4)19(21)22)13-11-15-29(23-5,24-6)25-7/h17-18,20H,8-16H2,1-7H3,(H,21,22). The Balaban J connectivity index is 4.81. The number of carboxylic acid groups (broad SMARTS) is 1. The molecule has 0 aromatic carbocycles. The molecule has 9 nitrogen and oxygen atoms in total. The van der Waals surface area contributed by atoms with Crippen LogP contribution >= 0.6 is 0 Å². The van der Waals surface area contributed by atoms with Crippen molar-refractivity contribution in [3.05, 3.63) is 0 Å². The lowest BCUT2D eigenvalue weighted by atomic mass is 9.97. The molecule has 0 heterocycles. The Labute approximate surface area is 184 Å². The summed E-state index contributed by atoms with van der Waals surface area (Å²) in [5.74, 6) is -1.33. The predicted molar refractivity (Wildman–Crippen MR) is 119 cm³/mol. The lowest BCUT2D eigenvalue weighted by molar-refractivity contribution is -0.142. The van der Waals surface area contributed by atoms with Crippen LogP contribution in [-0.4, -0.2) is 82.4 Å². The van der Waals surface area contributed by atoms with E-state index in [1.165, 1.54) is 0 Å². The number of carbonyl (C=O) groups is 1. The lowest BCUT2D eigenvalue weighted by Gasteiger charge is -2.29. The quantitative estimate of drug-likeness (QED) is 0.206. The lowest BCUT2D eigenvalue weighted by Crippen LogP contribution is -2.47. The van der Waals surface area contributed by atoms with E-state index in [0.717, 1.165) is 12.8 Å². The molecule has 2 unspecified atom stereocenters. The number of nitrogens with one attached hydrogen (secondary N) is 1. The number of aliphatic carboxylic acids is 1. The summed E-state index contributed by atoms with van der Waals surface area (Å²) in [6.45, 7) is 9.83. The van der Waals surface area contributed by atoms with Crippen LogP contribution in [-0.2, 0) is 31.4 Å². The van der Waals surface area contributed by atoms with E-state index in [1.807, 2.05) is 20.8 Å². The van der Waals surface area contributed by atoms with Gasteiger partial charge in [-0.2, -0.15) is 0 Å². The predicted octanol–water partition coefficient (Wildman–Crippen LogP) is 2.76. The Kier molecular flexibility index (Phi) is 16.1. The summed E-state index contributed by atoms with van der Waals surface area (Å²) in [6.07, 6.45) is 2.21. The number of rotatable bonds is 20. The van der Waals surface area contributed by atoms with Crippen molar-refractivity contribution in [2.24, 2.45) is 5.92 Å². The maximum absolute atomic E-state index is 11.6. The minimum atomic E-state index is -2.68. The van der Waals surface area contributed by atoms with Gasteiger partial charge in [-0.1, -0.05) is 6.92 Å². The fraction of sp³-hybridized carbons (Fsp3) is 0.947. The van der Waals surface area contributed by atoms with Crippen molar-refractivity contribution in [1.29, 1.82) is 0 Å². The summed E-state index contributed by atoms with van der Waals surface area (Å²) in [5, 5.41) is 12.9. The van der Waals surface area contributed by atoms with Crippen molar-refractivity contribution in [2.75, 3.05) is 47.7 Å². The largest absolute Gasteiger partial charge is 0.500 e. The Morgan fingerprint density at radius 1 is 0.867 bits per heavy atom. The second kappa shape index (κ2) is 16.3. The summed E-state index contributed by atoms with van der Waals surface area (Å²) in [6, 6.07) is 1.16. The zero-order chi connectivity index (χ0) is 23.0. The number of carboxylic acids is 1. The zero-order valence-corrected chi connectivity index (χ0v) is 21.8. The first-order valence-electron chi connectivity index (χ1n) is 10.8. The average molecular weight is 470 g/mol. The van der Waals surface area contributed by atoms with Crippen molar-refractivity contribution in [3.8, 4) is 0 Å². The molecule has 0 spiro atoms. The molecule has 0 rings (SSSR count). The first-order valence-corrected chi connectivity index (χ1v) is 14.7. The SMILES string of the molecule is CCO[Si](CCCNC(CCC[Si](OC)(OC)OC)C(C)C(=O)O)(OCC)OCC. The van der Waals surface area contributed by atoms with Gasteiger partial charge in [-0.25, -0.2) is 0 Å². The van der Waals surface area contributed by atoms with E-state index >= 15 is 0 Å². The van der Waals surface area contributed by atoms with Gasteiger partial charge in [0.2, 0.25) is 0 Å². The van der Waals surface area contributed by atoms with Crippen LogP contribution in [0.4, 0.5) is 0 Å². The maximum atomic E-state index is 11.6. The van der Waals surface area contributed by atoms with E-state index in [1.54, 1.807) is 28.3 Å². The van der Waals surface area contributed by atoms with Crippen molar-refractivity contribution < 1.29 is 36.5 Å². The normalized spacial score (nSPS) is 14.6. The summed E-state index contributed by atoms with van der Waals surface area (Å²) in [7, 11) is -0.588. The smallest absolute Gasteiger partial charge is 0.481 e. The monoisotopic (exact) mass is 469 g/mol. The molecule has 11 heteroatoms. The third kappa shape index (κ3) is 10.3. The molecular formula is C19H43NO8Si2. The molecule has 0 radical (unpaired) electrons. The molecule has 0 aliphatic rings. The molecule has 0 bridgehead atoms. The van der Waals surface area contributed by atoms with Gasteiger partial charge in [-0.15, -0.1) is 0 Å². The van der Waals surface area contributed by atoms with E-state index in [0.29, 0.717) is 44.9 Å². The second-order valence-corrected chi connectivity index (χ2v) is 12.8. The number of hydrogen-bond donors (Lipinski definition) is 2. The highest BCUT2D eigenvalue weighted by molar-refractivity contribution is 6.61. The second-order valence-electron chi connectivity index (χ2n) is 6.96. The molecule has 0 aromatic rings. The van der Waals surface area contributed by atoms with Crippen LogP contribution < -0.4 is 5.32 Å². The molecular weight excluding hydrogens is 426 g/mol. The molecule has 180 valence electrons. The molecule has 0 aromatic heterocycles. The Hall–Kier alpha value is -0.376. The summed E-state index contributed by atoms with van der Waals surface area (Å²) >= 11 is 0. The molecule has 0 saturated carbocycles. The fourth-order valence-electron chi connectivity index (χ4n) is 3.39. The maximum Gasteiger partial charge on any atom is 0.500 e. The first-order chi connectivity index (χ1) is 14.3. The highest BCUT2D eigenvalue weighted by Gasteiger charge is 2.40. The fourth-order valence-corrected chi connectivity index (χ4v) is 7.75. The Morgan fingerprint density at radius 2 is 1.33 bits per heavy atom. The van der Waals surface area contributed by atoms with E-state index in [9.17, 15) is 9.90 Å². The topological polar surface area (TPSA) is 105 Å². The van der Waals surface area contributed by atoms with Crippen molar-refractivity contribution in [2.45, 2.75) is 65.1 Å². The molecule has 0 aliphatic heterocycles. The van der Waals surface area contributed by atoms with Crippen LogP contribution in [0.1, 0.15) is 47.0 Å². The molecule has 2 atom stereocenters. The van der Waals surface area contributed by atoms with Crippen LogP contribution in [0.3, 0.4) is 0 Å². The van der Waals surface area contributed by atoms with Crippen LogP contribution in [0, 0.1) is 5.92 Å². The van der Waals surface area contributed by atoms with Crippen molar-refractivity contribution >= 4 is 23.6 Å². The zero-order valence-electron chi connectivity index (χ0n) is 19.8. The molecule has 0 fully saturated rings. The molecule has 30 heavy (non-hydrogen) atoms. The van der Waals surface area contributed by atoms with E-state index in [4.69, 9.17) is 26.6 Å². The minimum Gasteiger partial charge on any atom is -0.481 e. The highest BCUT2D eigenvalue weighted by atomic mass is 28.4. The van der Waals surface area contributed by atoms with Crippen LogP contribution in [0.2, 0.25) is 12.1 Å². The third-order valence-corrected chi connectivity index (χ3v) is 11.1. The molecule has 0 amide bonds. The van der Waals surface area contributed by atoms with Gasteiger partial charge < -0.3 is 37.0 Å². The highest BCUT2D eigenvalue weighted by Crippen LogP contribution is 2.21. The van der Waals surface area contributed by atoms with Gasteiger partial charge >= 0.3 is 23.6 Å². The van der Waals surface area contributed by atoms with Gasteiger partial charge in [0.25, 0.3) is 0 Å². The molecule has 0 saturated heterocycles. The summed E-state index contributed by atoms with van der Waals surface area (Å²) in [4.78, 5) is 11.6. The van der Waals surface area contributed by atoms with Crippen LogP contribution in [0.15, 0.2) is 0 Å². The Bertz CT molecular complexity index is 429. The molecule has 0 aliphatic carbocycles. The van der Waals surface area contributed by atoms with Gasteiger partial charge in [0.05, 0.1) is 5.92 Å². The van der Waals surface area contributed by atoms with Crippen LogP contribution in [0.5, 0.6) is 0 Å². The van der Waals surface area contributed by atoms with Crippen molar-refractivity contribution in [3.63, 3.8) is 0 Å². The van der Waals surface area contributed by atoms with Gasteiger partial charge in [-0.05, 0) is 46.6 Å². The minimum absolute atomic E-state index is 0.165. The van der Waals surface area contributed by atoms with Gasteiger partial charge in [0.15, 0.2) is 0 Å². The van der Waals surface area contributed by atoms with Gasteiger partial charge in [0, 0.05) is 59.3 Å². The van der Waals surface area contributed by atoms with E-state index < -0.39 is 29.5 Å². The van der Waals surface area contributed by atoms with Gasteiger partial charge in [0.1, 0.15) is 0 Å². The number of hydrogen-bond acceptors (Lipinski definition) is 8. The third-order valence-electron chi connectivity index (χ3n) is 5.08. The summed E-state index contributed by atoms with van der Waals surface area (Å²) < 4.78 is 34.0. The van der Waals surface area contributed by atoms with Crippen LogP contribution in [0.25, 0.3) is 0 Å². The average Bonchev–Trinajstić information content (AvgIpc) is 2.73. The van der Waals surface area contributed by atoms with E-state index in [-0.39, 0.29) is 6.04 Å². The summed E-state index contributed by atoms with van der Waals surface area (Å²) in [5.41, 5.74) is 0. The van der Waals surface area contributed by atoms with Gasteiger partial charge in [-0.3, -0.25) is 4.79 Å². The first kappa shape index (κ1) is 29.6.